The van der Waals surface area contributed by atoms with Gasteiger partial charge in [0, 0.05) is 28.7 Å². The molecule has 4 nitrogen and oxygen atoms in total. The second-order valence-electron chi connectivity index (χ2n) is 7.46. The number of carbonyl (C=O) groups excluding carboxylic acids is 2. The van der Waals surface area contributed by atoms with Crippen LogP contribution in [-0.4, -0.2) is 23.6 Å². The fourth-order valence-corrected chi connectivity index (χ4v) is 4.59. The molecule has 1 N–H and O–H groups in total. The third-order valence-corrected chi connectivity index (χ3v) is 6.21. The molecule has 0 spiro atoms. The first kappa shape index (κ1) is 20.2. The smallest absolute Gasteiger partial charge is 0.255 e. The number of nitrogens with one attached hydrogen (secondary N) is 1. The molecular weight excluding hydrogens is 392 g/mol. The van der Waals surface area contributed by atoms with Gasteiger partial charge in [-0.1, -0.05) is 48.5 Å². The van der Waals surface area contributed by atoms with Gasteiger partial charge in [0.25, 0.3) is 5.91 Å². The zero-order valence-electron chi connectivity index (χ0n) is 16.9. The summed E-state index contributed by atoms with van der Waals surface area (Å²) in [5.74, 6) is 1.19. The van der Waals surface area contributed by atoms with Crippen molar-refractivity contribution in [1.29, 1.82) is 0 Å². The highest BCUT2D eigenvalue weighted by Gasteiger charge is 2.30. The van der Waals surface area contributed by atoms with E-state index in [-0.39, 0.29) is 17.9 Å². The summed E-state index contributed by atoms with van der Waals surface area (Å²) >= 11 is 1.60. The highest BCUT2D eigenvalue weighted by atomic mass is 32.2. The molecular formula is C25H24N2O2S. The SMILES string of the molecule is C[C@@H]1Cc2ccccc2N1C(=O)CSCc1ccc(C(=O)Nc2ccccc2)cc1. The number of nitrogens with zero attached hydrogens (tertiary/aromatic N) is 1. The van der Waals surface area contributed by atoms with E-state index in [4.69, 9.17) is 0 Å². The molecule has 0 saturated heterocycles. The summed E-state index contributed by atoms with van der Waals surface area (Å²) in [5.41, 5.74) is 4.78. The van der Waals surface area contributed by atoms with Crippen molar-refractivity contribution in [2.24, 2.45) is 0 Å². The Balaban J connectivity index is 1.29. The van der Waals surface area contributed by atoms with Crippen LogP contribution in [0.5, 0.6) is 0 Å². The Morgan fingerprint density at radius 1 is 0.967 bits per heavy atom. The number of para-hydroxylation sites is 2. The van der Waals surface area contributed by atoms with Gasteiger partial charge in [-0.2, -0.15) is 0 Å². The summed E-state index contributed by atoms with van der Waals surface area (Å²) in [5, 5.41) is 2.88. The van der Waals surface area contributed by atoms with E-state index in [0.29, 0.717) is 11.3 Å². The summed E-state index contributed by atoms with van der Waals surface area (Å²) in [7, 11) is 0. The van der Waals surface area contributed by atoms with E-state index in [2.05, 4.69) is 18.3 Å². The van der Waals surface area contributed by atoms with Crippen LogP contribution >= 0.6 is 11.8 Å². The normalized spacial score (nSPS) is 15.0. The Labute approximate surface area is 181 Å². The van der Waals surface area contributed by atoms with Gasteiger partial charge in [-0.3, -0.25) is 9.59 Å². The molecule has 0 aliphatic carbocycles. The number of carbonyl (C=O) groups is 2. The maximum absolute atomic E-state index is 12.8. The van der Waals surface area contributed by atoms with Gasteiger partial charge in [-0.05, 0) is 54.8 Å². The molecule has 3 aromatic rings. The first-order valence-corrected chi connectivity index (χ1v) is 11.2. The van der Waals surface area contributed by atoms with Gasteiger partial charge in [-0.15, -0.1) is 11.8 Å². The molecule has 1 atom stereocenters. The average Bonchev–Trinajstić information content (AvgIpc) is 3.10. The molecule has 3 aromatic carbocycles. The van der Waals surface area contributed by atoms with Crippen molar-refractivity contribution in [3.63, 3.8) is 0 Å². The van der Waals surface area contributed by atoms with E-state index in [1.807, 2.05) is 77.7 Å². The number of amides is 2. The maximum Gasteiger partial charge on any atom is 0.255 e. The Bertz CT molecular complexity index is 1030. The number of benzene rings is 3. The molecule has 1 aliphatic heterocycles. The van der Waals surface area contributed by atoms with E-state index >= 15 is 0 Å². The quantitative estimate of drug-likeness (QED) is 0.605. The molecule has 5 heteroatoms. The van der Waals surface area contributed by atoms with Crippen LogP contribution in [0.2, 0.25) is 0 Å². The van der Waals surface area contributed by atoms with Gasteiger partial charge in [0.15, 0.2) is 0 Å². The summed E-state index contributed by atoms with van der Waals surface area (Å²) < 4.78 is 0. The summed E-state index contributed by atoms with van der Waals surface area (Å²) in [6, 6.07) is 25.3. The number of anilines is 2. The molecule has 2 amide bonds. The largest absolute Gasteiger partial charge is 0.322 e. The number of hydrogen-bond acceptors (Lipinski definition) is 3. The van der Waals surface area contributed by atoms with Crippen LogP contribution in [0.1, 0.15) is 28.4 Å². The van der Waals surface area contributed by atoms with Gasteiger partial charge in [0.1, 0.15) is 0 Å². The minimum atomic E-state index is -0.128. The molecule has 0 bridgehead atoms. The van der Waals surface area contributed by atoms with Crippen LogP contribution in [0.3, 0.4) is 0 Å². The molecule has 0 saturated carbocycles. The van der Waals surface area contributed by atoms with Crippen molar-refractivity contribution in [3.8, 4) is 0 Å². The lowest BCUT2D eigenvalue weighted by molar-refractivity contribution is -0.116. The molecule has 152 valence electrons. The van der Waals surface area contributed by atoms with E-state index in [9.17, 15) is 9.59 Å². The van der Waals surface area contributed by atoms with Gasteiger partial charge >= 0.3 is 0 Å². The van der Waals surface area contributed by atoms with E-state index in [0.717, 1.165) is 29.1 Å². The van der Waals surface area contributed by atoms with Gasteiger partial charge in [0.05, 0.1) is 5.75 Å². The summed E-state index contributed by atoms with van der Waals surface area (Å²) in [6.45, 7) is 2.10. The highest BCUT2D eigenvalue weighted by molar-refractivity contribution is 7.99. The predicted molar refractivity (Wildman–Crippen MR) is 124 cm³/mol. The lowest BCUT2D eigenvalue weighted by Gasteiger charge is -2.22. The van der Waals surface area contributed by atoms with Crippen LogP contribution in [0, 0.1) is 0 Å². The molecule has 1 aliphatic rings. The van der Waals surface area contributed by atoms with Crippen LogP contribution in [0.15, 0.2) is 78.9 Å². The zero-order chi connectivity index (χ0) is 20.9. The van der Waals surface area contributed by atoms with Crippen molar-refractivity contribution in [1.82, 2.24) is 0 Å². The maximum atomic E-state index is 12.8. The number of rotatable bonds is 6. The number of thioether (sulfide) groups is 1. The van der Waals surface area contributed by atoms with Crippen molar-refractivity contribution in [2.75, 3.05) is 16.0 Å². The lowest BCUT2D eigenvalue weighted by Crippen LogP contribution is -2.37. The van der Waals surface area contributed by atoms with E-state index in [1.165, 1.54) is 5.56 Å². The zero-order valence-corrected chi connectivity index (χ0v) is 17.7. The predicted octanol–water partition coefficient (Wildman–Crippen LogP) is 5.15. The van der Waals surface area contributed by atoms with Crippen molar-refractivity contribution in [3.05, 3.63) is 95.6 Å². The summed E-state index contributed by atoms with van der Waals surface area (Å²) in [6.07, 6.45) is 0.916. The summed E-state index contributed by atoms with van der Waals surface area (Å²) in [4.78, 5) is 27.0. The average molecular weight is 417 g/mol. The minimum Gasteiger partial charge on any atom is -0.322 e. The van der Waals surface area contributed by atoms with Gasteiger partial charge in [-0.25, -0.2) is 0 Å². The first-order valence-electron chi connectivity index (χ1n) is 10.0. The second kappa shape index (κ2) is 9.18. The van der Waals surface area contributed by atoms with Crippen molar-refractivity contribution >= 4 is 35.0 Å². The Morgan fingerprint density at radius 3 is 2.43 bits per heavy atom. The van der Waals surface area contributed by atoms with Gasteiger partial charge in [0.2, 0.25) is 5.91 Å². The van der Waals surface area contributed by atoms with Crippen molar-refractivity contribution < 1.29 is 9.59 Å². The fourth-order valence-electron chi connectivity index (χ4n) is 3.75. The van der Waals surface area contributed by atoms with Gasteiger partial charge < -0.3 is 10.2 Å². The van der Waals surface area contributed by atoms with Crippen LogP contribution in [-0.2, 0) is 17.0 Å². The Morgan fingerprint density at radius 2 is 1.67 bits per heavy atom. The topological polar surface area (TPSA) is 49.4 Å². The molecule has 1 heterocycles. The lowest BCUT2D eigenvalue weighted by atomic mass is 10.1. The molecule has 4 rings (SSSR count). The monoisotopic (exact) mass is 416 g/mol. The fraction of sp³-hybridized carbons (Fsp3) is 0.200. The standard InChI is InChI=1S/C25H24N2O2S/c1-18-15-21-7-5-6-10-23(21)27(18)24(28)17-30-16-19-11-13-20(14-12-19)25(29)26-22-8-3-2-4-9-22/h2-14,18H,15-17H2,1H3,(H,26,29)/t18-/m1/s1. The first-order chi connectivity index (χ1) is 14.6. The molecule has 0 fully saturated rings. The molecule has 0 aromatic heterocycles. The third kappa shape index (κ3) is 4.57. The van der Waals surface area contributed by atoms with E-state index in [1.54, 1.807) is 11.8 Å². The second-order valence-corrected chi connectivity index (χ2v) is 8.44. The van der Waals surface area contributed by atoms with Crippen LogP contribution in [0.25, 0.3) is 0 Å². The Kier molecular flexibility index (Phi) is 6.19. The van der Waals surface area contributed by atoms with E-state index < -0.39 is 0 Å². The molecule has 0 unspecified atom stereocenters. The van der Waals surface area contributed by atoms with Crippen LogP contribution < -0.4 is 10.2 Å². The highest BCUT2D eigenvalue weighted by Crippen LogP contribution is 2.32. The minimum absolute atomic E-state index is 0.128. The molecule has 0 radical (unpaired) electrons. The van der Waals surface area contributed by atoms with Crippen molar-refractivity contribution in [2.45, 2.75) is 25.1 Å². The third-order valence-electron chi connectivity index (χ3n) is 5.22. The molecule has 30 heavy (non-hydrogen) atoms. The van der Waals surface area contributed by atoms with Crippen LogP contribution in [0.4, 0.5) is 11.4 Å². The Hall–Kier alpha value is -3.05. The number of hydrogen-bond donors (Lipinski definition) is 1. The number of fused-ring (bicyclic) bond motifs is 1.